The van der Waals surface area contributed by atoms with Crippen molar-refractivity contribution in [2.45, 2.75) is 38.8 Å². The first kappa shape index (κ1) is 13.9. The van der Waals surface area contributed by atoms with Gasteiger partial charge >= 0.3 is 0 Å². The Kier molecular flexibility index (Phi) is 4.66. The molecule has 0 spiro atoms. The van der Waals surface area contributed by atoms with E-state index < -0.39 is 0 Å². The molecule has 2 nitrogen and oxygen atoms in total. The van der Waals surface area contributed by atoms with Gasteiger partial charge in [-0.1, -0.05) is 30.7 Å². The molecule has 1 aromatic carbocycles. The van der Waals surface area contributed by atoms with Gasteiger partial charge in [-0.15, -0.1) is 0 Å². The number of rotatable bonds is 3. The zero-order valence-electron chi connectivity index (χ0n) is 11.3. The lowest BCUT2D eigenvalue weighted by Crippen LogP contribution is -2.45. The molecule has 3 unspecified atom stereocenters. The average molecular weight is 267 g/mol. The van der Waals surface area contributed by atoms with Crippen molar-refractivity contribution in [2.75, 3.05) is 13.1 Å². The van der Waals surface area contributed by atoms with Gasteiger partial charge in [-0.3, -0.25) is 4.90 Å². The molecule has 0 saturated carbocycles. The van der Waals surface area contributed by atoms with Crippen LogP contribution in [0.1, 0.15) is 38.3 Å². The van der Waals surface area contributed by atoms with Crippen LogP contribution < -0.4 is 5.73 Å². The van der Waals surface area contributed by atoms with Crippen LogP contribution in [0.15, 0.2) is 24.3 Å². The summed E-state index contributed by atoms with van der Waals surface area (Å²) in [7, 11) is 0. The molecule has 1 saturated heterocycles. The zero-order chi connectivity index (χ0) is 13.1. The Bertz CT molecular complexity index is 394. The molecule has 1 fully saturated rings. The Balaban J connectivity index is 2.21. The summed E-state index contributed by atoms with van der Waals surface area (Å²) in [5.41, 5.74) is 7.25. The predicted molar refractivity (Wildman–Crippen MR) is 77.8 cm³/mol. The normalized spacial score (nSPS) is 27.1. The Morgan fingerprint density at radius 1 is 1.39 bits per heavy atom. The molecule has 1 aliphatic heterocycles. The first-order chi connectivity index (χ1) is 8.61. The summed E-state index contributed by atoms with van der Waals surface area (Å²) in [6.45, 7) is 6.41. The van der Waals surface area contributed by atoms with Gasteiger partial charge in [0.15, 0.2) is 0 Å². The maximum Gasteiger partial charge on any atom is 0.0473 e. The first-order valence-electron chi connectivity index (χ1n) is 6.83. The summed E-state index contributed by atoms with van der Waals surface area (Å²) < 4.78 is 0. The molecular formula is C15H23ClN2. The number of hydrogen-bond donors (Lipinski definition) is 1. The van der Waals surface area contributed by atoms with Crippen molar-refractivity contribution >= 4 is 11.6 Å². The summed E-state index contributed by atoms with van der Waals surface area (Å²) >= 11 is 6.09. The van der Waals surface area contributed by atoms with Crippen molar-refractivity contribution in [3.05, 3.63) is 34.9 Å². The average Bonchev–Trinajstić information content (AvgIpc) is 2.35. The first-order valence-corrected chi connectivity index (χ1v) is 7.21. The molecule has 1 aromatic rings. The van der Waals surface area contributed by atoms with Gasteiger partial charge in [0.25, 0.3) is 0 Å². The molecule has 0 aliphatic carbocycles. The molecule has 2 N–H and O–H groups in total. The second-order valence-corrected chi connectivity index (χ2v) is 5.97. The molecule has 1 heterocycles. The third-order valence-electron chi connectivity index (χ3n) is 4.02. The standard InChI is InChI=1S/C15H23ClN2/c1-11-6-7-12(2)18(10-11)15(9-17)13-4-3-5-14(16)8-13/h3-5,8,11-12,15H,6-7,9-10,17H2,1-2H3. The molecule has 2 rings (SSSR count). The van der Waals surface area contributed by atoms with E-state index in [2.05, 4.69) is 24.8 Å². The monoisotopic (exact) mass is 266 g/mol. The van der Waals surface area contributed by atoms with Gasteiger partial charge < -0.3 is 5.73 Å². The van der Waals surface area contributed by atoms with E-state index in [4.69, 9.17) is 17.3 Å². The molecule has 3 heteroatoms. The molecule has 0 radical (unpaired) electrons. The topological polar surface area (TPSA) is 29.3 Å². The number of hydrogen-bond acceptors (Lipinski definition) is 2. The Hall–Kier alpha value is -0.570. The van der Waals surface area contributed by atoms with Crippen molar-refractivity contribution < 1.29 is 0 Å². The second kappa shape index (κ2) is 6.05. The summed E-state index contributed by atoms with van der Waals surface area (Å²) in [6, 6.07) is 9.01. The zero-order valence-corrected chi connectivity index (χ0v) is 12.0. The van der Waals surface area contributed by atoms with Crippen LogP contribution in [0.3, 0.4) is 0 Å². The van der Waals surface area contributed by atoms with E-state index in [9.17, 15) is 0 Å². The number of nitrogens with zero attached hydrogens (tertiary/aromatic N) is 1. The SMILES string of the molecule is CC1CCC(C)N(C(CN)c2cccc(Cl)c2)C1. The fraction of sp³-hybridized carbons (Fsp3) is 0.600. The minimum Gasteiger partial charge on any atom is -0.329 e. The van der Waals surface area contributed by atoms with Crippen LogP contribution in [0.2, 0.25) is 5.02 Å². The van der Waals surface area contributed by atoms with Crippen LogP contribution in [-0.2, 0) is 0 Å². The second-order valence-electron chi connectivity index (χ2n) is 5.53. The van der Waals surface area contributed by atoms with Gasteiger partial charge in [0.1, 0.15) is 0 Å². The Labute approximate surface area is 115 Å². The lowest BCUT2D eigenvalue weighted by molar-refractivity contribution is 0.0798. The van der Waals surface area contributed by atoms with Gasteiger partial charge in [-0.05, 0) is 43.4 Å². The van der Waals surface area contributed by atoms with Gasteiger partial charge in [-0.25, -0.2) is 0 Å². The van der Waals surface area contributed by atoms with Crippen molar-refractivity contribution in [3.63, 3.8) is 0 Å². The summed E-state index contributed by atoms with van der Waals surface area (Å²) in [5.74, 6) is 0.759. The molecule has 0 aromatic heterocycles. The van der Waals surface area contributed by atoms with E-state index >= 15 is 0 Å². The molecule has 18 heavy (non-hydrogen) atoms. The van der Waals surface area contributed by atoms with Gasteiger partial charge in [-0.2, -0.15) is 0 Å². The number of halogens is 1. The molecule has 3 atom stereocenters. The number of likely N-dealkylation sites (tertiary alicyclic amines) is 1. The third-order valence-corrected chi connectivity index (χ3v) is 4.26. The largest absolute Gasteiger partial charge is 0.329 e. The van der Waals surface area contributed by atoms with Crippen LogP contribution in [0.25, 0.3) is 0 Å². The number of benzene rings is 1. The van der Waals surface area contributed by atoms with Crippen molar-refractivity contribution in [1.82, 2.24) is 4.90 Å². The van der Waals surface area contributed by atoms with Gasteiger partial charge in [0.2, 0.25) is 0 Å². The smallest absolute Gasteiger partial charge is 0.0473 e. The fourth-order valence-electron chi connectivity index (χ4n) is 2.93. The summed E-state index contributed by atoms with van der Waals surface area (Å²) in [6.07, 6.45) is 2.59. The number of piperidine rings is 1. The lowest BCUT2D eigenvalue weighted by Gasteiger charge is -2.42. The van der Waals surface area contributed by atoms with Crippen LogP contribution in [0.5, 0.6) is 0 Å². The van der Waals surface area contributed by atoms with E-state index in [1.54, 1.807) is 0 Å². The van der Waals surface area contributed by atoms with Gasteiger partial charge in [0.05, 0.1) is 0 Å². The van der Waals surface area contributed by atoms with E-state index in [0.29, 0.717) is 18.6 Å². The summed E-state index contributed by atoms with van der Waals surface area (Å²) in [5, 5.41) is 0.795. The highest BCUT2D eigenvalue weighted by Crippen LogP contribution is 2.31. The minimum atomic E-state index is 0.293. The van der Waals surface area contributed by atoms with E-state index in [0.717, 1.165) is 17.5 Å². The molecule has 0 bridgehead atoms. The van der Waals surface area contributed by atoms with E-state index in [-0.39, 0.29) is 0 Å². The van der Waals surface area contributed by atoms with Crippen LogP contribution in [0.4, 0.5) is 0 Å². The maximum atomic E-state index is 6.09. The molecule has 1 aliphatic rings. The van der Waals surface area contributed by atoms with E-state index in [1.165, 1.54) is 18.4 Å². The van der Waals surface area contributed by atoms with E-state index in [1.807, 2.05) is 18.2 Å². The quantitative estimate of drug-likeness (QED) is 0.908. The van der Waals surface area contributed by atoms with Gasteiger partial charge in [0, 0.05) is 30.2 Å². The van der Waals surface area contributed by atoms with Crippen molar-refractivity contribution in [2.24, 2.45) is 11.7 Å². The highest BCUT2D eigenvalue weighted by atomic mass is 35.5. The molecule has 0 amide bonds. The predicted octanol–water partition coefficient (Wildman–Crippen LogP) is 3.46. The highest BCUT2D eigenvalue weighted by molar-refractivity contribution is 6.30. The van der Waals surface area contributed by atoms with Crippen LogP contribution >= 0.6 is 11.6 Å². The molecular weight excluding hydrogens is 244 g/mol. The Morgan fingerprint density at radius 3 is 2.83 bits per heavy atom. The maximum absolute atomic E-state index is 6.09. The summed E-state index contributed by atoms with van der Waals surface area (Å²) in [4.78, 5) is 2.54. The minimum absolute atomic E-state index is 0.293. The van der Waals surface area contributed by atoms with Crippen LogP contribution in [0, 0.1) is 5.92 Å². The number of nitrogens with two attached hydrogens (primary N) is 1. The van der Waals surface area contributed by atoms with Crippen molar-refractivity contribution in [3.8, 4) is 0 Å². The molecule has 100 valence electrons. The lowest BCUT2D eigenvalue weighted by atomic mass is 9.91. The van der Waals surface area contributed by atoms with Crippen molar-refractivity contribution in [1.29, 1.82) is 0 Å². The highest BCUT2D eigenvalue weighted by Gasteiger charge is 2.29. The Morgan fingerprint density at radius 2 is 2.17 bits per heavy atom. The fourth-order valence-corrected chi connectivity index (χ4v) is 3.13. The van der Waals surface area contributed by atoms with Crippen LogP contribution in [-0.4, -0.2) is 24.0 Å². The third kappa shape index (κ3) is 3.05.